The first-order valence-electron chi connectivity index (χ1n) is 10.7. The third-order valence-electron chi connectivity index (χ3n) is 6.30. The molecule has 3 rings (SSSR count). The van der Waals surface area contributed by atoms with Crippen molar-refractivity contribution in [1.82, 2.24) is 0 Å². The molecule has 1 saturated carbocycles. The van der Waals surface area contributed by atoms with E-state index in [1.807, 2.05) is 18.2 Å². The topological polar surface area (TPSA) is 54.4 Å². The highest BCUT2D eigenvalue weighted by Gasteiger charge is 2.32. The van der Waals surface area contributed by atoms with Crippen LogP contribution in [0, 0.1) is 11.8 Å². The molecule has 0 bridgehead atoms. The highest BCUT2D eigenvalue weighted by Crippen LogP contribution is 2.41. The molecule has 1 aliphatic rings. The van der Waals surface area contributed by atoms with E-state index < -0.39 is 24.1 Å². The quantitative estimate of drug-likeness (QED) is 0.500. The molecule has 1 aliphatic carbocycles. The summed E-state index contributed by atoms with van der Waals surface area (Å²) in [5.41, 5.74) is 1.12. The lowest BCUT2D eigenvalue weighted by molar-refractivity contribution is -0.141. The van der Waals surface area contributed by atoms with Gasteiger partial charge in [0.05, 0.1) is 5.56 Å². The Bertz CT molecular complexity index is 884. The zero-order valence-corrected chi connectivity index (χ0v) is 17.3. The Balaban J connectivity index is 1.73. The van der Waals surface area contributed by atoms with Gasteiger partial charge in [0.1, 0.15) is 12.2 Å². The van der Waals surface area contributed by atoms with Crippen molar-refractivity contribution in [3.05, 3.63) is 71.3 Å². The summed E-state index contributed by atoms with van der Waals surface area (Å²) in [7, 11) is 0. The molecule has 1 atom stereocenters. The van der Waals surface area contributed by atoms with Crippen LogP contribution in [-0.4, -0.2) is 16.9 Å². The summed E-state index contributed by atoms with van der Waals surface area (Å²) in [6.45, 7) is 0. The molecule has 0 aliphatic heterocycles. The van der Waals surface area contributed by atoms with E-state index in [9.17, 15) is 22.8 Å². The fourth-order valence-corrected chi connectivity index (χ4v) is 4.77. The fourth-order valence-electron chi connectivity index (χ4n) is 4.77. The van der Waals surface area contributed by atoms with Crippen LogP contribution in [0.15, 0.2) is 54.6 Å². The van der Waals surface area contributed by atoms with Crippen molar-refractivity contribution in [2.24, 2.45) is 11.8 Å². The number of Topliss-reactive ketones (excluding diaryl/α,β-unsaturated/α-hetero) is 1. The van der Waals surface area contributed by atoms with Gasteiger partial charge < -0.3 is 5.11 Å². The van der Waals surface area contributed by atoms with E-state index in [0.29, 0.717) is 17.9 Å². The molecule has 0 radical (unpaired) electrons. The van der Waals surface area contributed by atoms with Crippen LogP contribution in [0.25, 0.3) is 0 Å². The molecule has 1 unspecified atom stereocenters. The summed E-state index contributed by atoms with van der Waals surface area (Å²) in [5, 5.41) is 8.94. The van der Waals surface area contributed by atoms with Crippen LogP contribution in [0.4, 0.5) is 13.2 Å². The van der Waals surface area contributed by atoms with Gasteiger partial charge in [0.25, 0.3) is 0 Å². The Morgan fingerprint density at radius 2 is 1.65 bits per heavy atom. The lowest BCUT2D eigenvalue weighted by Crippen LogP contribution is -2.26. The van der Waals surface area contributed by atoms with E-state index in [4.69, 9.17) is 5.11 Å². The van der Waals surface area contributed by atoms with E-state index in [0.717, 1.165) is 37.8 Å². The number of hydrogen-bond acceptors (Lipinski definition) is 2. The van der Waals surface area contributed by atoms with E-state index in [-0.39, 0.29) is 24.0 Å². The molecule has 0 heterocycles. The summed E-state index contributed by atoms with van der Waals surface area (Å²) in [5.74, 6) is -1.06. The number of alkyl halides is 3. The van der Waals surface area contributed by atoms with Crippen molar-refractivity contribution >= 4 is 11.8 Å². The first-order valence-corrected chi connectivity index (χ1v) is 10.7. The molecule has 1 N–H and O–H groups in total. The van der Waals surface area contributed by atoms with Crippen molar-refractivity contribution in [2.75, 3.05) is 0 Å². The van der Waals surface area contributed by atoms with Gasteiger partial charge in [0.15, 0.2) is 0 Å². The van der Waals surface area contributed by atoms with Crippen molar-refractivity contribution in [2.45, 2.75) is 57.0 Å². The number of rotatable bonds is 8. The summed E-state index contributed by atoms with van der Waals surface area (Å²) in [6.07, 6.45) is -0.856. The van der Waals surface area contributed by atoms with Crippen LogP contribution in [0.5, 0.6) is 0 Å². The monoisotopic (exact) mass is 432 g/mol. The number of aliphatic carboxylic acids is 1. The molecular weight excluding hydrogens is 405 g/mol. The van der Waals surface area contributed by atoms with Crippen molar-refractivity contribution in [3.8, 4) is 0 Å². The van der Waals surface area contributed by atoms with Gasteiger partial charge in [-0.15, -0.1) is 0 Å². The molecule has 1 fully saturated rings. The molecule has 0 spiro atoms. The molecule has 0 saturated heterocycles. The highest BCUT2D eigenvalue weighted by molar-refractivity contribution is 5.94. The Kier molecular flexibility index (Phi) is 7.52. The molecule has 166 valence electrons. The number of ketones is 1. The second kappa shape index (κ2) is 10.1. The standard InChI is InChI=1S/C25H27F3O3/c26-25(27,28)22-8-4-5-17(14-22)13-21(15-23(29)16-24(30)31)20-11-9-19(10-12-20)18-6-2-1-3-7-18/h1-8,14,19-21H,9-13,15-16H2,(H,30,31). The smallest absolute Gasteiger partial charge is 0.416 e. The molecule has 2 aromatic carbocycles. The zero-order chi connectivity index (χ0) is 22.4. The third-order valence-corrected chi connectivity index (χ3v) is 6.30. The third kappa shape index (κ3) is 6.68. The Labute approximate surface area is 180 Å². The van der Waals surface area contributed by atoms with Crippen molar-refractivity contribution in [1.29, 1.82) is 0 Å². The van der Waals surface area contributed by atoms with Crippen LogP contribution in [0.1, 0.15) is 61.1 Å². The van der Waals surface area contributed by atoms with Crippen LogP contribution in [-0.2, 0) is 22.2 Å². The SMILES string of the molecule is O=C(O)CC(=O)CC(Cc1cccc(C(F)(F)F)c1)C1CCC(c2ccccc2)CC1. The van der Waals surface area contributed by atoms with Gasteiger partial charge in [-0.1, -0.05) is 48.5 Å². The van der Waals surface area contributed by atoms with Gasteiger partial charge in [-0.25, -0.2) is 0 Å². The molecule has 6 heteroatoms. The fraction of sp³-hybridized carbons (Fsp3) is 0.440. The Morgan fingerprint density at radius 1 is 0.968 bits per heavy atom. The summed E-state index contributed by atoms with van der Waals surface area (Å²) in [6, 6.07) is 15.5. The number of carbonyl (C=O) groups is 2. The minimum atomic E-state index is -4.42. The highest BCUT2D eigenvalue weighted by atomic mass is 19.4. The number of hydrogen-bond donors (Lipinski definition) is 1. The minimum Gasteiger partial charge on any atom is -0.481 e. The van der Waals surface area contributed by atoms with Gasteiger partial charge in [-0.05, 0) is 67.1 Å². The predicted molar refractivity (Wildman–Crippen MR) is 112 cm³/mol. The van der Waals surface area contributed by atoms with Crippen molar-refractivity contribution in [3.63, 3.8) is 0 Å². The maximum atomic E-state index is 13.1. The lowest BCUT2D eigenvalue weighted by Gasteiger charge is -2.34. The van der Waals surface area contributed by atoms with E-state index in [1.165, 1.54) is 11.6 Å². The number of carbonyl (C=O) groups excluding carboxylic acids is 1. The molecule has 3 nitrogen and oxygen atoms in total. The van der Waals surface area contributed by atoms with Crippen molar-refractivity contribution < 1.29 is 27.9 Å². The van der Waals surface area contributed by atoms with Gasteiger partial charge in [0, 0.05) is 6.42 Å². The Morgan fingerprint density at radius 3 is 2.26 bits per heavy atom. The maximum absolute atomic E-state index is 13.1. The predicted octanol–water partition coefficient (Wildman–Crippen LogP) is 6.27. The number of benzene rings is 2. The van der Waals surface area contributed by atoms with Crippen LogP contribution >= 0.6 is 0 Å². The maximum Gasteiger partial charge on any atom is 0.416 e. The molecule has 31 heavy (non-hydrogen) atoms. The average Bonchev–Trinajstić information content (AvgIpc) is 2.73. The second-order valence-electron chi connectivity index (χ2n) is 8.50. The molecule has 0 aromatic heterocycles. The molecule has 2 aromatic rings. The average molecular weight is 432 g/mol. The van der Waals surface area contributed by atoms with Crippen LogP contribution in [0.2, 0.25) is 0 Å². The van der Waals surface area contributed by atoms with E-state index in [1.54, 1.807) is 6.07 Å². The summed E-state index contributed by atoms with van der Waals surface area (Å²) < 4.78 is 39.3. The van der Waals surface area contributed by atoms with Gasteiger partial charge >= 0.3 is 12.1 Å². The van der Waals surface area contributed by atoms with Crippen LogP contribution < -0.4 is 0 Å². The normalized spacial score (nSPS) is 20.2. The second-order valence-corrected chi connectivity index (χ2v) is 8.50. The largest absolute Gasteiger partial charge is 0.481 e. The lowest BCUT2D eigenvalue weighted by atomic mass is 9.71. The molecule has 0 amide bonds. The van der Waals surface area contributed by atoms with Gasteiger partial charge in [0.2, 0.25) is 0 Å². The van der Waals surface area contributed by atoms with E-state index in [2.05, 4.69) is 12.1 Å². The zero-order valence-electron chi connectivity index (χ0n) is 17.3. The summed E-state index contributed by atoms with van der Waals surface area (Å²) >= 11 is 0. The number of carboxylic acid groups (broad SMARTS) is 1. The number of halogens is 3. The summed E-state index contributed by atoms with van der Waals surface area (Å²) in [4.78, 5) is 23.2. The first kappa shape index (κ1) is 23.0. The minimum absolute atomic E-state index is 0.0865. The number of carboxylic acids is 1. The van der Waals surface area contributed by atoms with E-state index >= 15 is 0 Å². The van der Waals surface area contributed by atoms with Gasteiger partial charge in [-0.3, -0.25) is 9.59 Å². The van der Waals surface area contributed by atoms with Crippen LogP contribution in [0.3, 0.4) is 0 Å². The molecular formula is C25H27F3O3. The Hall–Kier alpha value is -2.63. The first-order chi connectivity index (χ1) is 14.7. The van der Waals surface area contributed by atoms with Gasteiger partial charge in [-0.2, -0.15) is 13.2 Å².